The van der Waals surface area contributed by atoms with Crippen molar-refractivity contribution in [3.8, 4) is 0 Å². The Kier molecular flexibility index (Phi) is 8.10. The van der Waals surface area contributed by atoms with Crippen LogP contribution in [0.1, 0.15) is 104 Å². The lowest BCUT2D eigenvalue weighted by Crippen LogP contribution is -2.51. The Morgan fingerprint density at radius 1 is 1.02 bits per heavy atom. The third-order valence-corrected chi connectivity index (χ3v) is 12.5. The zero-order valence-electron chi connectivity index (χ0n) is 26.3. The lowest BCUT2D eigenvalue weighted by molar-refractivity contribution is -0.125. The first-order valence-corrected chi connectivity index (χ1v) is 16.6. The van der Waals surface area contributed by atoms with Crippen LogP contribution >= 0.6 is 0 Å². The van der Waals surface area contributed by atoms with Crippen molar-refractivity contribution in [1.82, 2.24) is 5.32 Å². The van der Waals surface area contributed by atoms with Gasteiger partial charge < -0.3 is 20.0 Å². The van der Waals surface area contributed by atoms with Gasteiger partial charge in [-0.1, -0.05) is 54.9 Å². The summed E-state index contributed by atoms with van der Waals surface area (Å²) < 4.78 is 6.03. The van der Waals surface area contributed by atoms with Crippen LogP contribution in [0.3, 0.4) is 0 Å². The third-order valence-electron chi connectivity index (χ3n) is 12.5. The molecular weight excluding hydrogens is 524 g/mol. The largest absolute Gasteiger partial charge is 0.393 e. The van der Waals surface area contributed by atoms with Crippen LogP contribution < -0.4 is 5.32 Å². The first kappa shape index (κ1) is 29.9. The minimum atomic E-state index is -0.183. The molecule has 1 saturated heterocycles. The van der Waals surface area contributed by atoms with Gasteiger partial charge in [0, 0.05) is 18.6 Å². The lowest BCUT2D eigenvalue weighted by atomic mass is 9.47. The number of hydrogen-bond donors (Lipinski definition) is 2. The molecule has 7 atom stereocenters. The van der Waals surface area contributed by atoms with Crippen molar-refractivity contribution in [1.29, 1.82) is 0 Å². The average Bonchev–Trinajstić information content (AvgIpc) is 3.27. The van der Waals surface area contributed by atoms with Crippen molar-refractivity contribution >= 4 is 11.6 Å². The number of hydrogen-bond acceptors (Lipinski definition) is 5. The molecule has 6 nitrogen and oxygen atoms in total. The Labute approximate surface area is 252 Å². The van der Waals surface area contributed by atoms with Crippen LogP contribution in [0, 0.1) is 28.6 Å². The number of amides is 1. The summed E-state index contributed by atoms with van der Waals surface area (Å²) in [5, 5.41) is 18.3. The maximum absolute atomic E-state index is 12.7. The van der Waals surface area contributed by atoms with E-state index in [2.05, 4.69) is 74.6 Å². The molecule has 1 aromatic rings. The van der Waals surface area contributed by atoms with Gasteiger partial charge in [-0.25, -0.2) is 0 Å². The number of nitrogens with one attached hydrogen (secondary N) is 1. The zero-order chi connectivity index (χ0) is 29.6. The molecule has 0 unspecified atom stereocenters. The maximum Gasteiger partial charge on any atom is 0.260 e. The van der Waals surface area contributed by atoms with E-state index in [-0.39, 0.29) is 40.5 Å². The second kappa shape index (κ2) is 11.4. The van der Waals surface area contributed by atoms with Gasteiger partial charge in [0.1, 0.15) is 0 Å². The number of carbonyl (C=O) groups excluding carboxylic acids is 1. The Morgan fingerprint density at radius 2 is 1.83 bits per heavy atom. The smallest absolute Gasteiger partial charge is 0.260 e. The van der Waals surface area contributed by atoms with Gasteiger partial charge in [-0.15, -0.1) is 0 Å². The molecule has 230 valence electrons. The van der Waals surface area contributed by atoms with Crippen LogP contribution in [0.15, 0.2) is 47.1 Å². The number of carbonyl (C=O) groups is 1. The Bertz CT molecular complexity index is 1210. The zero-order valence-corrected chi connectivity index (χ0v) is 26.3. The summed E-state index contributed by atoms with van der Waals surface area (Å²) in [5.74, 6) is 1.98. The van der Waals surface area contributed by atoms with E-state index in [9.17, 15) is 9.90 Å². The monoisotopic (exact) mass is 576 g/mol. The van der Waals surface area contributed by atoms with E-state index >= 15 is 0 Å². The Balaban J connectivity index is 1.02. The Morgan fingerprint density at radius 3 is 2.62 bits per heavy atom. The van der Waals surface area contributed by atoms with Crippen LogP contribution in [0.2, 0.25) is 0 Å². The summed E-state index contributed by atoms with van der Waals surface area (Å²) in [6, 6.07) is 10.7. The van der Waals surface area contributed by atoms with Crippen molar-refractivity contribution in [2.45, 2.75) is 115 Å². The van der Waals surface area contributed by atoms with Crippen molar-refractivity contribution in [2.75, 3.05) is 19.8 Å². The number of oxime groups is 1. The number of benzene rings is 1. The fourth-order valence-corrected chi connectivity index (χ4v) is 10.2. The van der Waals surface area contributed by atoms with E-state index in [4.69, 9.17) is 9.57 Å². The van der Waals surface area contributed by atoms with E-state index in [0.29, 0.717) is 18.4 Å². The van der Waals surface area contributed by atoms with Gasteiger partial charge in [0.25, 0.3) is 5.91 Å². The normalized spacial score (nSPS) is 39.9. The number of aliphatic hydroxyl groups is 1. The van der Waals surface area contributed by atoms with Crippen LogP contribution in [-0.4, -0.2) is 48.2 Å². The molecule has 1 aromatic carbocycles. The highest BCUT2D eigenvalue weighted by atomic mass is 16.6. The molecule has 1 aliphatic heterocycles. The number of aliphatic hydroxyl groups excluding tert-OH is 1. The Hall–Kier alpha value is -2.18. The standard InChI is InChI=1S/C36H52N2O4/c1-33(2)24-36(19-21-41-33,25-8-6-5-7-9-25)18-20-37-32(40)23-42-38-27-14-16-34(3)26(22-27)10-11-28-29-12-13-31(39)35(29,4)17-15-30(28)34/h5-9,22,28-31,39H,10-21,23-24H2,1-4H3,(H,37,40)/b38-27-/t28-,29+,30+,31-,34+,35+,36-/m1/s1. The summed E-state index contributed by atoms with van der Waals surface area (Å²) in [6.07, 6.45) is 13.8. The summed E-state index contributed by atoms with van der Waals surface area (Å²) in [7, 11) is 0. The molecule has 1 amide bonds. The summed E-state index contributed by atoms with van der Waals surface area (Å²) >= 11 is 0. The predicted molar refractivity (Wildman–Crippen MR) is 166 cm³/mol. The number of allylic oxidation sites excluding steroid dienone is 2. The number of ether oxygens (including phenoxy) is 1. The molecule has 2 N–H and O–H groups in total. The molecule has 4 aliphatic carbocycles. The lowest BCUT2D eigenvalue weighted by Gasteiger charge is -2.57. The highest BCUT2D eigenvalue weighted by Gasteiger charge is 2.58. The molecule has 1 heterocycles. The highest BCUT2D eigenvalue weighted by molar-refractivity contribution is 5.96. The fraction of sp³-hybridized carbons (Fsp3) is 0.722. The van der Waals surface area contributed by atoms with E-state index in [0.717, 1.165) is 69.6 Å². The molecule has 0 radical (unpaired) electrons. The fourth-order valence-electron chi connectivity index (χ4n) is 10.2. The second-order valence-electron chi connectivity index (χ2n) is 15.3. The van der Waals surface area contributed by atoms with Gasteiger partial charge in [0.15, 0.2) is 6.61 Å². The summed E-state index contributed by atoms with van der Waals surface area (Å²) in [6.45, 7) is 10.4. The van der Waals surface area contributed by atoms with Gasteiger partial charge in [-0.3, -0.25) is 4.79 Å². The average molecular weight is 577 g/mol. The molecule has 5 aliphatic rings. The SMILES string of the molecule is CC1(C)C[C@](CCNC(=O)CO/N=C2\C=C3CC[C@@H]4[C@@H]5CC[C@@H](O)[C@@]5(C)CC[C@@H]4[C@@]3(C)CC2)(c2ccccc2)CCO1. The second-order valence-corrected chi connectivity index (χ2v) is 15.3. The van der Waals surface area contributed by atoms with Gasteiger partial charge in [-0.05, 0) is 125 Å². The van der Waals surface area contributed by atoms with Crippen LogP contribution in [0.4, 0.5) is 0 Å². The highest BCUT2D eigenvalue weighted by Crippen LogP contribution is 2.65. The molecule has 42 heavy (non-hydrogen) atoms. The summed E-state index contributed by atoms with van der Waals surface area (Å²) in [5.41, 5.74) is 3.98. The van der Waals surface area contributed by atoms with E-state index in [1.165, 1.54) is 30.4 Å². The molecule has 3 saturated carbocycles. The van der Waals surface area contributed by atoms with Crippen molar-refractivity contribution < 1.29 is 19.5 Å². The van der Waals surface area contributed by atoms with E-state index in [1.807, 2.05) is 0 Å². The van der Waals surface area contributed by atoms with Gasteiger partial charge in [0.2, 0.25) is 0 Å². The maximum atomic E-state index is 12.7. The minimum Gasteiger partial charge on any atom is -0.393 e. The number of fused-ring (bicyclic) bond motifs is 5. The van der Waals surface area contributed by atoms with Gasteiger partial charge >= 0.3 is 0 Å². The molecular formula is C36H52N2O4. The summed E-state index contributed by atoms with van der Waals surface area (Å²) in [4.78, 5) is 18.3. The van der Waals surface area contributed by atoms with E-state index < -0.39 is 0 Å². The molecule has 0 spiro atoms. The number of rotatable bonds is 7. The first-order valence-electron chi connectivity index (χ1n) is 16.6. The van der Waals surface area contributed by atoms with Crippen molar-refractivity contribution in [3.05, 3.63) is 47.5 Å². The first-order chi connectivity index (χ1) is 20.0. The van der Waals surface area contributed by atoms with Crippen LogP contribution in [0.5, 0.6) is 0 Å². The molecule has 0 aromatic heterocycles. The quantitative estimate of drug-likeness (QED) is 0.353. The third kappa shape index (κ3) is 5.47. The van der Waals surface area contributed by atoms with Crippen LogP contribution in [0.25, 0.3) is 0 Å². The topological polar surface area (TPSA) is 80.2 Å². The van der Waals surface area contributed by atoms with Crippen molar-refractivity contribution in [2.24, 2.45) is 33.7 Å². The minimum absolute atomic E-state index is 0.00810. The predicted octanol–water partition coefficient (Wildman–Crippen LogP) is 6.72. The molecule has 6 rings (SSSR count). The number of nitrogens with zero attached hydrogens (tertiary/aromatic N) is 1. The van der Waals surface area contributed by atoms with Gasteiger partial charge in [0.05, 0.1) is 17.4 Å². The van der Waals surface area contributed by atoms with Crippen molar-refractivity contribution in [3.63, 3.8) is 0 Å². The molecule has 4 fully saturated rings. The van der Waals surface area contributed by atoms with Crippen LogP contribution in [-0.2, 0) is 19.8 Å². The van der Waals surface area contributed by atoms with Gasteiger partial charge in [-0.2, -0.15) is 0 Å². The molecule has 0 bridgehead atoms. The molecule has 6 heteroatoms. The van der Waals surface area contributed by atoms with E-state index in [1.54, 1.807) is 0 Å².